The van der Waals surface area contributed by atoms with Crippen molar-refractivity contribution < 1.29 is 9.59 Å². The molecule has 0 saturated carbocycles. The number of piperazine rings is 1. The predicted octanol–water partition coefficient (Wildman–Crippen LogP) is 4.19. The highest BCUT2D eigenvalue weighted by Gasteiger charge is 2.30. The van der Waals surface area contributed by atoms with E-state index in [0.717, 1.165) is 69.1 Å². The van der Waals surface area contributed by atoms with Gasteiger partial charge in [-0.05, 0) is 56.1 Å². The van der Waals surface area contributed by atoms with Gasteiger partial charge in [0.05, 0.1) is 11.7 Å². The second-order valence-corrected chi connectivity index (χ2v) is 11.6. The van der Waals surface area contributed by atoms with Crippen LogP contribution in [0.1, 0.15) is 85.2 Å². The molecule has 0 spiro atoms. The first-order chi connectivity index (χ1) is 18.7. The highest BCUT2D eigenvalue weighted by Crippen LogP contribution is 2.32. The first-order valence-electron chi connectivity index (χ1n) is 14.0. The lowest BCUT2D eigenvalue weighted by molar-refractivity contribution is 0.0606. The fourth-order valence-corrected chi connectivity index (χ4v) is 5.37. The summed E-state index contributed by atoms with van der Waals surface area (Å²) in [5.74, 6) is 0.113. The Hall–Kier alpha value is -3.66. The minimum absolute atomic E-state index is 0.0217. The summed E-state index contributed by atoms with van der Waals surface area (Å²) in [7, 11) is 0. The standard InChI is InChI=1S/C29H40N8O2/c1-5-35-14-16-36(17-15-35)21-11-9-20(10-12-21)28(39)37-13-7-6-8-24(37)22-19-26(34-31-22)30-27(38)23-18-25(33-32-23)29(2,3)4/h9-12,18-19,24H,5-8,13-17H2,1-4H3,(H,32,33)(H2,30,31,34,38). The molecule has 10 nitrogen and oxygen atoms in total. The number of aromatic nitrogens is 4. The molecule has 0 aliphatic carbocycles. The molecule has 2 fully saturated rings. The predicted molar refractivity (Wildman–Crippen MR) is 152 cm³/mol. The molecule has 5 rings (SSSR count). The van der Waals surface area contributed by atoms with E-state index in [1.165, 1.54) is 0 Å². The molecule has 4 heterocycles. The third kappa shape index (κ3) is 6.00. The van der Waals surface area contributed by atoms with Gasteiger partial charge in [-0.2, -0.15) is 10.2 Å². The van der Waals surface area contributed by atoms with E-state index >= 15 is 0 Å². The Bertz CT molecular complexity index is 1280. The molecule has 39 heavy (non-hydrogen) atoms. The molecule has 3 N–H and O–H groups in total. The van der Waals surface area contributed by atoms with E-state index in [0.29, 0.717) is 23.6 Å². The zero-order valence-electron chi connectivity index (χ0n) is 23.5. The second kappa shape index (κ2) is 11.2. The van der Waals surface area contributed by atoms with Crippen LogP contribution in [-0.4, -0.2) is 81.3 Å². The van der Waals surface area contributed by atoms with E-state index in [2.05, 4.69) is 75.3 Å². The van der Waals surface area contributed by atoms with Crippen molar-refractivity contribution >= 4 is 23.3 Å². The van der Waals surface area contributed by atoms with Crippen LogP contribution < -0.4 is 10.2 Å². The van der Waals surface area contributed by atoms with Crippen molar-refractivity contribution in [2.24, 2.45) is 0 Å². The molecule has 0 bridgehead atoms. The molecule has 208 valence electrons. The van der Waals surface area contributed by atoms with Crippen LogP contribution in [0.15, 0.2) is 36.4 Å². The van der Waals surface area contributed by atoms with Gasteiger partial charge in [0.25, 0.3) is 11.8 Å². The average Bonchev–Trinajstić information content (AvgIpc) is 3.63. The minimum atomic E-state index is -0.326. The molecule has 10 heteroatoms. The van der Waals surface area contributed by atoms with Crippen LogP contribution in [0.25, 0.3) is 0 Å². The summed E-state index contributed by atoms with van der Waals surface area (Å²) in [5.41, 5.74) is 3.75. The summed E-state index contributed by atoms with van der Waals surface area (Å²) in [6.07, 6.45) is 2.84. The van der Waals surface area contributed by atoms with Crippen molar-refractivity contribution in [3.8, 4) is 0 Å². The molecule has 1 aromatic carbocycles. The Labute approximate surface area is 230 Å². The molecule has 1 unspecified atom stereocenters. The number of likely N-dealkylation sites (N-methyl/N-ethyl adjacent to an activating group) is 1. The third-order valence-corrected chi connectivity index (χ3v) is 7.88. The van der Waals surface area contributed by atoms with Crippen molar-refractivity contribution in [1.82, 2.24) is 30.2 Å². The van der Waals surface area contributed by atoms with Crippen molar-refractivity contribution in [3.63, 3.8) is 0 Å². The number of benzene rings is 1. The van der Waals surface area contributed by atoms with Crippen LogP contribution >= 0.6 is 0 Å². The van der Waals surface area contributed by atoms with Gasteiger partial charge in [0.15, 0.2) is 11.5 Å². The lowest BCUT2D eigenvalue weighted by Crippen LogP contribution is -2.46. The van der Waals surface area contributed by atoms with Gasteiger partial charge in [0, 0.05) is 61.1 Å². The number of H-pyrrole nitrogens is 2. The monoisotopic (exact) mass is 532 g/mol. The minimum Gasteiger partial charge on any atom is -0.369 e. The Morgan fingerprint density at radius 2 is 1.72 bits per heavy atom. The van der Waals surface area contributed by atoms with E-state index in [1.54, 1.807) is 6.07 Å². The van der Waals surface area contributed by atoms with Crippen molar-refractivity contribution in [1.29, 1.82) is 0 Å². The van der Waals surface area contributed by atoms with E-state index < -0.39 is 0 Å². The third-order valence-electron chi connectivity index (χ3n) is 7.88. The van der Waals surface area contributed by atoms with Gasteiger partial charge in [-0.1, -0.05) is 27.7 Å². The molecule has 2 aliphatic heterocycles. The average molecular weight is 533 g/mol. The van der Waals surface area contributed by atoms with Crippen LogP contribution in [0, 0.1) is 0 Å². The summed E-state index contributed by atoms with van der Waals surface area (Å²) in [5, 5.41) is 17.3. The van der Waals surface area contributed by atoms with Gasteiger partial charge >= 0.3 is 0 Å². The Morgan fingerprint density at radius 1 is 0.974 bits per heavy atom. The maximum Gasteiger partial charge on any atom is 0.277 e. The number of hydrogen-bond acceptors (Lipinski definition) is 6. The summed E-state index contributed by atoms with van der Waals surface area (Å²) in [6.45, 7) is 14.3. The van der Waals surface area contributed by atoms with E-state index in [1.807, 2.05) is 23.1 Å². The van der Waals surface area contributed by atoms with Crippen LogP contribution in [0.4, 0.5) is 11.5 Å². The Kier molecular flexibility index (Phi) is 7.74. The number of hydrogen-bond donors (Lipinski definition) is 3. The second-order valence-electron chi connectivity index (χ2n) is 11.6. The largest absolute Gasteiger partial charge is 0.369 e. The molecule has 2 amide bonds. The zero-order chi connectivity index (χ0) is 27.6. The topological polar surface area (TPSA) is 113 Å². The molecule has 0 radical (unpaired) electrons. The van der Waals surface area contributed by atoms with Crippen LogP contribution in [0.2, 0.25) is 0 Å². The van der Waals surface area contributed by atoms with Gasteiger partial charge in [0.1, 0.15) is 0 Å². The first kappa shape index (κ1) is 26.9. The molecular weight excluding hydrogens is 492 g/mol. The molecule has 3 aromatic rings. The number of rotatable bonds is 6. The van der Waals surface area contributed by atoms with Gasteiger partial charge < -0.3 is 20.0 Å². The lowest BCUT2D eigenvalue weighted by atomic mass is 9.92. The summed E-state index contributed by atoms with van der Waals surface area (Å²) < 4.78 is 0. The van der Waals surface area contributed by atoms with Gasteiger partial charge in [-0.15, -0.1) is 0 Å². The van der Waals surface area contributed by atoms with Gasteiger partial charge in [-0.3, -0.25) is 19.8 Å². The fourth-order valence-electron chi connectivity index (χ4n) is 5.37. The van der Waals surface area contributed by atoms with Crippen LogP contribution in [0.5, 0.6) is 0 Å². The number of aromatic amines is 2. The molecular formula is C29H40N8O2. The lowest BCUT2D eigenvalue weighted by Gasteiger charge is -2.36. The number of carbonyl (C=O) groups is 2. The summed E-state index contributed by atoms with van der Waals surface area (Å²) in [4.78, 5) is 33.1. The molecule has 2 aliphatic rings. The van der Waals surface area contributed by atoms with Gasteiger partial charge in [0.2, 0.25) is 0 Å². The first-order valence-corrected chi connectivity index (χ1v) is 14.0. The number of likely N-dealkylation sites (tertiary alicyclic amines) is 1. The van der Waals surface area contributed by atoms with E-state index in [-0.39, 0.29) is 23.3 Å². The molecule has 1 atom stereocenters. The van der Waals surface area contributed by atoms with E-state index in [4.69, 9.17) is 0 Å². The van der Waals surface area contributed by atoms with Crippen molar-refractivity contribution in [2.45, 2.75) is 58.4 Å². The maximum atomic E-state index is 13.6. The highest BCUT2D eigenvalue weighted by atomic mass is 16.2. The maximum absolute atomic E-state index is 13.6. The summed E-state index contributed by atoms with van der Waals surface area (Å²) in [6, 6.07) is 11.5. The highest BCUT2D eigenvalue weighted by molar-refractivity contribution is 6.02. The molecule has 2 saturated heterocycles. The van der Waals surface area contributed by atoms with Crippen molar-refractivity contribution in [3.05, 3.63) is 59.0 Å². The van der Waals surface area contributed by atoms with Crippen LogP contribution in [0.3, 0.4) is 0 Å². The number of piperidine rings is 1. The number of nitrogens with one attached hydrogen (secondary N) is 3. The number of carbonyl (C=O) groups excluding carboxylic acids is 2. The fraction of sp³-hybridized carbons (Fsp3) is 0.517. The normalized spacial score (nSPS) is 18.8. The van der Waals surface area contributed by atoms with E-state index in [9.17, 15) is 9.59 Å². The Morgan fingerprint density at radius 3 is 2.38 bits per heavy atom. The van der Waals surface area contributed by atoms with Crippen molar-refractivity contribution in [2.75, 3.05) is 49.5 Å². The van der Waals surface area contributed by atoms with Gasteiger partial charge in [-0.25, -0.2) is 0 Å². The number of amides is 2. The molecule has 2 aromatic heterocycles. The zero-order valence-corrected chi connectivity index (χ0v) is 23.5. The quantitative estimate of drug-likeness (QED) is 0.439. The Balaban J connectivity index is 1.25. The number of anilines is 2. The summed E-state index contributed by atoms with van der Waals surface area (Å²) >= 11 is 0. The van der Waals surface area contributed by atoms with Crippen LogP contribution in [-0.2, 0) is 5.41 Å². The smallest absolute Gasteiger partial charge is 0.277 e. The number of nitrogens with zero attached hydrogens (tertiary/aromatic N) is 5. The SMILES string of the molecule is CCN1CCN(c2ccc(C(=O)N3CCCCC3c3cc(NC(=O)c4cc(C(C)(C)C)[nH]n4)n[nH]3)cc2)CC1.